The van der Waals surface area contributed by atoms with Crippen LogP contribution in [0.1, 0.15) is 24.2 Å². The van der Waals surface area contributed by atoms with Crippen LogP contribution in [0.25, 0.3) is 11.0 Å². The molecule has 1 amide bonds. The van der Waals surface area contributed by atoms with Crippen LogP contribution in [0.3, 0.4) is 0 Å². The van der Waals surface area contributed by atoms with Crippen molar-refractivity contribution in [1.29, 1.82) is 0 Å². The molecule has 6 heteroatoms. The minimum absolute atomic E-state index is 0.149. The summed E-state index contributed by atoms with van der Waals surface area (Å²) in [5.74, 6) is -0.699. The highest BCUT2D eigenvalue weighted by Gasteiger charge is 2.46. The Kier molecular flexibility index (Phi) is 3.21. The minimum Gasteiger partial charge on any atom is -0.464 e. The Morgan fingerprint density at radius 3 is 3.00 bits per heavy atom. The van der Waals surface area contributed by atoms with E-state index in [0.717, 1.165) is 0 Å². The molecule has 2 aromatic rings. The number of carbonyl (C=O) groups is 1. The minimum atomic E-state index is -0.472. The van der Waals surface area contributed by atoms with Gasteiger partial charge in [-0.25, -0.2) is 4.39 Å². The summed E-state index contributed by atoms with van der Waals surface area (Å²) in [6.45, 7) is 5.21. The van der Waals surface area contributed by atoms with Crippen molar-refractivity contribution >= 4 is 16.9 Å². The fourth-order valence-corrected chi connectivity index (χ4v) is 3.48. The quantitative estimate of drug-likeness (QED) is 0.811. The van der Waals surface area contributed by atoms with Crippen molar-refractivity contribution in [3.63, 3.8) is 0 Å². The molecule has 1 aromatic heterocycles. The maximum atomic E-state index is 13.9. The number of ether oxygens (including phenoxy) is 2. The number of morpholine rings is 1. The molecule has 4 rings (SSSR count). The molecule has 0 aliphatic carbocycles. The highest BCUT2D eigenvalue weighted by atomic mass is 19.1. The third kappa shape index (κ3) is 2.42. The van der Waals surface area contributed by atoms with Crippen molar-refractivity contribution in [2.24, 2.45) is 0 Å². The zero-order chi connectivity index (χ0) is 16.2. The third-order valence-electron chi connectivity index (χ3n) is 4.43. The summed E-state index contributed by atoms with van der Waals surface area (Å²) in [5.41, 5.74) is 0.185. The topological polar surface area (TPSA) is 51.9 Å². The first-order chi connectivity index (χ1) is 10.9. The van der Waals surface area contributed by atoms with E-state index in [-0.39, 0.29) is 23.6 Å². The first kappa shape index (κ1) is 14.7. The van der Waals surface area contributed by atoms with Crippen LogP contribution in [-0.4, -0.2) is 48.3 Å². The molecule has 0 spiro atoms. The average Bonchev–Trinajstić information content (AvgIpc) is 3.11. The molecule has 2 atom stereocenters. The maximum Gasteiger partial charge on any atom is 0.258 e. The van der Waals surface area contributed by atoms with Gasteiger partial charge in [-0.05, 0) is 32.0 Å². The van der Waals surface area contributed by atoms with E-state index in [1.807, 2.05) is 13.8 Å². The van der Waals surface area contributed by atoms with E-state index >= 15 is 0 Å². The van der Waals surface area contributed by atoms with E-state index in [1.165, 1.54) is 18.4 Å². The molecular formula is C17H18FNO4. The van der Waals surface area contributed by atoms with Gasteiger partial charge < -0.3 is 18.8 Å². The zero-order valence-corrected chi connectivity index (χ0v) is 13.0. The number of hydrogen-bond acceptors (Lipinski definition) is 4. The highest BCUT2D eigenvalue weighted by molar-refractivity contribution is 6.05. The molecule has 1 aromatic carbocycles. The van der Waals surface area contributed by atoms with E-state index in [1.54, 1.807) is 11.0 Å². The lowest BCUT2D eigenvalue weighted by atomic mass is 9.99. The predicted molar refractivity (Wildman–Crippen MR) is 80.8 cm³/mol. The average molecular weight is 319 g/mol. The van der Waals surface area contributed by atoms with Gasteiger partial charge in [-0.3, -0.25) is 4.79 Å². The van der Waals surface area contributed by atoms with Crippen LogP contribution in [0.5, 0.6) is 0 Å². The molecule has 122 valence electrons. The fourth-order valence-electron chi connectivity index (χ4n) is 3.48. The van der Waals surface area contributed by atoms with Gasteiger partial charge in [0.2, 0.25) is 0 Å². The molecule has 2 saturated heterocycles. The third-order valence-corrected chi connectivity index (χ3v) is 4.43. The lowest BCUT2D eigenvalue weighted by molar-refractivity contribution is -0.137. The molecule has 0 radical (unpaired) electrons. The molecule has 2 aliphatic heterocycles. The maximum absolute atomic E-state index is 13.9. The summed E-state index contributed by atoms with van der Waals surface area (Å²) < 4.78 is 30.7. The van der Waals surface area contributed by atoms with Crippen molar-refractivity contribution in [3.8, 4) is 0 Å². The molecule has 0 N–H and O–H groups in total. The van der Waals surface area contributed by atoms with E-state index in [4.69, 9.17) is 13.9 Å². The molecule has 0 saturated carbocycles. The summed E-state index contributed by atoms with van der Waals surface area (Å²) in [6.07, 6.45) is 1.31. The Balaban J connectivity index is 1.76. The molecule has 23 heavy (non-hydrogen) atoms. The second-order valence-corrected chi connectivity index (χ2v) is 6.75. The van der Waals surface area contributed by atoms with Crippen molar-refractivity contribution in [3.05, 3.63) is 35.8 Å². The normalized spacial score (nSPS) is 26.5. The first-order valence-corrected chi connectivity index (χ1v) is 7.68. The Morgan fingerprint density at radius 2 is 2.17 bits per heavy atom. The van der Waals surface area contributed by atoms with Gasteiger partial charge in [0.15, 0.2) is 0 Å². The number of rotatable bonds is 1. The number of amides is 1. The van der Waals surface area contributed by atoms with E-state index in [2.05, 4.69) is 0 Å². The Labute approximate surface area is 132 Å². The van der Waals surface area contributed by atoms with E-state index in [9.17, 15) is 9.18 Å². The molecule has 0 bridgehead atoms. The highest BCUT2D eigenvalue weighted by Crippen LogP contribution is 2.32. The molecule has 3 heterocycles. The van der Waals surface area contributed by atoms with Crippen LogP contribution >= 0.6 is 0 Å². The Bertz CT molecular complexity index is 769. The predicted octanol–water partition coefficient (Wildman–Crippen LogP) is 2.59. The van der Waals surface area contributed by atoms with Crippen molar-refractivity contribution in [1.82, 2.24) is 4.90 Å². The summed E-state index contributed by atoms with van der Waals surface area (Å²) in [6, 6.07) is 4.10. The van der Waals surface area contributed by atoms with Crippen molar-refractivity contribution in [2.75, 3.05) is 19.8 Å². The van der Waals surface area contributed by atoms with Gasteiger partial charge in [0.25, 0.3) is 5.91 Å². The second-order valence-electron chi connectivity index (χ2n) is 6.75. The van der Waals surface area contributed by atoms with Crippen molar-refractivity contribution in [2.45, 2.75) is 31.6 Å². The van der Waals surface area contributed by atoms with Crippen molar-refractivity contribution < 1.29 is 23.1 Å². The number of benzene rings is 1. The van der Waals surface area contributed by atoms with Gasteiger partial charge in [-0.1, -0.05) is 0 Å². The monoisotopic (exact) mass is 319 g/mol. The molecule has 0 unspecified atom stereocenters. The van der Waals surface area contributed by atoms with Gasteiger partial charge in [-0.2, -0.15) is 0 Å². The summed E-state index contributed by atoms with van der Waals surface area (Å²) >= 11 is 0. The van der Waals surface area contributed by atoms with Crippen LogP contribution in [0.2, 0.25) is 0 Å². The number of hydrogen-bond donors (Lipinski definition) is 0. The molecule has 2 fully saturated rings. The lowest BCUT2D eigenvalue weighted by Crippen LogP contribution is -2.60. The van der Waals surface area contributed by atoms with Crippen LogP contribution in [0, 0.1) is 5.82 Å². The standard InChI is InChI=1S/C17H18FNO4/c1-17(2)9-19(13-7-21-8-14(13)23-17)16(20)12-6-11(18)5-10-3-4-22-15(10)12/h3-6,13-14H,7-9H2,1-2H3/t13-,14-/m1/s1. The fraction of sp³-hybridized carbons (Fsp3) is 0.471. The zero-order valence-electron chi connectivity index (χ0n) is 13.0. The first-order valence-electron chi connectivity index (χ1n) is 7.68. The van der Waals surface area contributed by atoms with Gasteiger partial charge in [-0.15, -0.1) is 0 Å². The number of furan rings is 1. The SMILES string of the molecule is CC1(C)CN(C(=O)c2cc(F)cc3ccoc23)[C@@H]2COC[C@H]2O1. The summed E-state index contributed by atoms with van der Waals surface area (Å²) in [7, 11) is 0. The van der Waals surface area contributed by atoms with Gasteiger partial charge >= 0.3 is 0 Å². The van der Waals surface area contributed by atoms with Gasteiger partial charge in [0, 0.05) is 11.9 Å². The number of carbonyl (C=O) groups excluding carboxylic acids is 1. The molecule has 5 nitrogen and oxygen atoms in total. The van der Waals surface area contributed by atoms with Gasteiger partial charge in [0.1, 0.15) is 17.5 Å². The van der Waals surface area contributed by atoms with Crippen LogP contribution in [-0.2, 0) is 9.47 Å². The summed E-state index contributed by atoms with van der Waals surface area (Å²) in [5, 5.41) is 0.583. The summed E-state index contributed by atoms with van der Waals surface area (Å²) in [4.78, 5) is 14.8. The number of fused-ring (bicyclic) bond motifs is 2. The molecule has 2 aliphatic rings. The lowest BCUT2D eigenvalue weighted by Gasteiger charge is -2.45. The Morgan fingerprint density at radius 1 is 1.35 bits per heavy atom. The van der Waals surface area contributed by atoms with E-state index in [0.29, 0.717) is 30.7 Å². The van der Waals surface area contributed by atoms with Crippen LogP contribution < -0.4 is 0 Å². The van der Waals surface area contributed by atoms with Gasteiger partial charge in [0.05, 0.1) is 36.7 Å². The largest absolute Gasteiger partial charge is 0.464 e. The number of nitrogens with zero attached hydrogens (tertiary/aromatic N) is 1. The van der Waals surface area contributed by atoms with E-state index < -0.39 is 11.4 Å². The smallest absolute Gasteiger partial charge is 0.258 e. The Hall–Kier alpha value is -1.92. The van der Waals surface area contributed by atoms with Crippen LogP contribution in [0.4, 0.5) is 4.39 Å². The second kappa shape index (κ2) is 5.04. The molecular weight excluding hydrogens is 301 g/mol. The number of halogens is 1. The van der Waals surface area contributed by atoms with Crippen LogP contribution in [0.15, 0.2) is 28.9 Å².